The first-order valence-corrected chi connectivity index (χ1v) is 11.6. The van der Waals surface area contributed by atoms with Crippen LogP contribution >= 0.6 is 11.6 Å². The molecule has 7 nitrogen and oxygen atoms in total. The summed E-state index contributed by atoms with van der Waals surface area (Å²) in [5, 5.41) is 7.76. The Bertz CT molecular complexity index is 1430. The Morgan fingerprint density at radius 1 is 1.19 bits per heavy atom. The molecular formula is C26H25ClF2N4O3. The highest BCUT2D eigenvalue weighted by Crippen LogP contribution is 2.32. The Balaban J connectivity index is 1.68. The third kappa shape index (κ3) is 5.32. The Morgan fingerprint density at radius 3 is 2.67 bits per heavy atom. The van der Waals surface area contributed by atoms with Gasteiger partial charge in [-0.25, -0.2) is 18.4 Å². The molecule has 0 radical (unpaired) electrons. The molecule has 0 spiro atoms. The molecule has 0 saturated heterocycles. The minimum absolute atomic E-state index is 0.00500. The van der Waals surface area contributed by atoms with E-state index in [4.69, 9.17) is 21.1 Å². The lowest BCUT2D eigenvalue weighted by Crippen LogP contribution is -2.36. The number of halogens is 3. The number of carbonyl (C=O) groups excluding carboxylic acids is 1. The van der Waals surface area contributed by atoms with Crippen LogP contribution in [0.1, 0.15) is 36.7 Å². The van der Waals surface area contributed by atoms with Gasteiger partial charge in [0.25, 0.3) is 0 Å². The fourth-order valence-electron chi connectivity index (χ4n) is 3.89. The number of amides is 1. The fourth-order valence-corrected chi connectivity index (χ4v) is 4.16. The van der Waals surface area contributed by atoms with Crippen molar-refractivity contribution < 1.29 is 23.0 Å². The van der Waals surface area contributed by atoms with Gasteiger partial charge in [-0.1, -0.05) is 23.7 Å². The molecule has 0 fully saturated rings. The van der Waals surface area contributed by atoms with Gasteiger partial charge >= 0.3 is 0 Å². The summed E-state index contributed by atoms with van der Waals surface area (Å²) in [7, 11) is 1.43. The highest BCUT2D eigenvalue weighted by Gasteiger charge is 2.21. The zero-order chi connectivity index (χ0) is 26.0. The molecule has 0 bridgehead atoms. The van der Waals surface area contributed by atoms with Gasteiger partial charge in [-0.3, -0.25) is 4.79 Å². The van der Waals surface area contributed by atoms with Gasteiger partial charge in [0.2, 0.25) is 5.91 Å². The van der Waals surface area contributed by atoms with Crippen LogP contribution in [0.4, 0.5) is 8.78 Å². The number of carbonyl (C=O) groups is 1. The lowest BCUT2D eigenvalue weighted by Gasteiger charge is -2.21. The van der Waals surface area contributed by atoms with Gasteiger partial charge in [0.15, 0.2) is 5.82 Å². The first-order chi connectivity index (χ1) is 17.2. The van der Waals surface area contributed by atoms with Crippen molar-refractivity contribution in [2.45, 2.75) is 39.5 Å². The predicted molar refractivity (Wildman–Crippen MR) is 132 cm³/mol. The molecular weight excluding hydrogens is 490 g/mol. The third-order valence-electron chi connectivity index (χ3n) is 5.82. The first kappa shape index (κ1) is 25.5. The maximum Gasteiger partial charge on any atom is 0.249 e. The second kappa shape index (κ2) is 10.6. The highest BCUT2D eigenvalue weighted by molar-refractivity contribution is 6.31. The van der Waals surface area contributed by atoms with Crippen LogP contribution in [-0.4, -0.2) is 33.9 Å². The fraction of sp³-hybridized carbons (Fsp3) is 0.269. The summed E-state index contributed by atoms with van der Waals surface area (Å²) in [6.45, 7) is 5.16. The van der Waals surface area contributed by atoms with E-state index in [1.54, 1.807) is 32.0 Å². The van der Waals surface area contributed by atoms with Crippen molar-refractivity contribution in [2.75, 3.05) is 7.11 Å². The maximum atomic E-state index is 14.2. The second-order valence-electron chi connectivity index (χ2n) is 8.39. The van der Waals surface area contributed by atoms with E-state index in [-0.39, 0.29) is 17.5 Å². The monoisotopic (exact) mass is 514 g/mol. The Labute approximate surface area is 212 Å². The van der Waals surface area contributed by atoms with Crippen LogP contribution in [0.3, 0.4) is 0 Å². The van der Waals surface area contributed by atoms with Gasteiger partial charge in [0, 0.05) is 23.8 Å². The summed E-state index contributed by atoms with van der Waals surface area (Å²) >= 11 is 6.40. The zero-order valence-corrected chi connectivity index (χ0v) is 20.9. The van der Waals surface area contributed by atoms with E-state index in [1.165, 1.54) is 30.1 Å². The van der Waals surface area contributed by atoms with Crippen molar-refractivity contribution in [3.05, 3.63) is 82.3 Å². The van der Waals surface area contributed by atoms with Gasteiger partial charge in [-0.05, 0) is 50.6 Å². The number of nitrogens with one attached hydrogen (secondary N) is 1. The predicted octanol–water partition coefficient (Wildman–Crippen LogP) is 5.45. The lowest BCUT2D eigenvalue weighted by atomic mass is 10.0. The SMILES string of the molecule is CO[C@@H](C)C(=O)N[C@@H](C)c1cc(F)cc(Cl)c1COc1cccc2c(-n3cc(F)cn3)cc(C)nc12. The molecule has 4 rings (SSSR count). The largest absolute Gasteiger partial charge is 0.487 e. The third-order valence-corrected chi connectivity index (χ3v) is 6.16. The first-order valence-electron chi connectivity index (χ1n) is 11.2. The van der Waals surface area contributed by atoms with E-state index < -0.39 is 23.8 Å². The molecule has 1 N–H and O–H groups in total. The van der Waals surface area contributed by atoms with E-state index in [2.05, 4.69) is 15.4 Å². The average Bonchev–Trinajstić information content (AvgIpc) is 3.28. The van der Waals surface area contributed by atoms with Crippen molar-refractivity contribution in [1.82, 2.24) is 20.1 Å². The van der Waals surface area contributed by atoms with Crippen LogP contribution in [0.15, 0.2) is 48.8 Å². The molecule has 0 aliphatic carbocycles. The number of hydrogen-bond donors (Lipinski definition) is 1. The number of hydrogen-bond acceptors (Lipinski definition) is 5. The quantitative estimate of drug-likeness (QED) is 0.338. The molecule has 2 atom stereocenters. The normalized spacial score (nSPS) is 13.0. The van der Waals surface area contributed by atoms with Gasteiger partial charge in [0.1, 0.15) is 29.8 Å². The highest BCUT2D eigenvalue weighted by atomic mass is 35.5. The van der Waals surface area contributed by atoms with Gasteiger partial charge < -0.3 is 14.8 Å². The number of para-hydroxylation sites is 1. The molecule has 0 aliphatic rings. The molecule has 36 heavy (non-hydrogen) atoms. The van der Waals surface area contributed by atoms with Crippen LogP contribution in [-0.2, 0) is 16.1 Å². The van der Waals surface area contributed by atoms with E-state index >= 15 is 0 Å². The minimum atomic E-state index is -0.668. The van der Waals surface area contributed by atoms with Crippen LogP contribution in [0.25, 0.3) is 16.6 Å². The summed E-state index contributed by atoms with van der Waals surface area (Å²) in [6.07, 6.45) is 1.75. The summed E-state index contributed by atoms with van der Waals surface area (Å²) < 4.78 is 40.5. The molecule has 188 valence electrons. The number of ether oxygens (including phenoxy) is 2. The number of methoxy groups -OCH3 is 1. The number of pyridine rings is 1. The average molecular weight is 515 g/mol. The van der Waals surface area contributed by atoms with Crippen molar-refractivity contribution in [2.24, 2.45) is 0 Å². The molecule has 1 amide bonds. The number of benzene rings is 2. The van der Waals surface area contributed by atoms with Crippen LogP contribution in [0.2, 0.25) is 5.02 Å². The van der Waals surface area contributed by atoms with Crippen LogP contribution in [0, 0.1) is 18.6 Å². The topological polar surface area (TPSA) is 78.3 Å². The van der Waals surface area contributed by atoms with Gasteiger partial charge in [0.05, 0.1) is 29.1 Å². The van der Waals surface area contributed by atoms with Crippen molar-refractivity contribution in [3.8, 4) is 11.4 Å². The summed E-state index contributed by atoms with van der Waals surface area (Å²) in [5.74, 6) is -0.863. The number of nitrogens with zero attached hydrogens (tertiary/aromatic N) is 3. The Kier molecular flexibility index (Phi) is 7.51. The van der Waals surface area contributed by atoms with E-state index in [1.807, 2.05) is 13.0 Å². The van der Waals surface area contributed by atoms with Crippen molar-refractivity contribution in [1.29, 1.82) is 0 Å². The standard InChI is InChI=1S/C26H25ClF2N4O3/c1-14-8-23(33-12-18(29)11-30-33)19-6-5-7-24(25(19)31-14)36-13-21-20(9-17(28)10-22(21)27)15(2)32-26(34)16(3)35-4/h5-12,15-16H,13H2,1-4H3,(H,32,34)/t15-,16-/m0/s1. The zero-order valence-electron chi connectivity index (χ0n) is 20.2. The van der Waals surface area contributed by atoms with E-state index in [0.29, 0.717) is 39.2 Å². The molecule has 2 aromatic carbocycles. The molecule has 2 heterocycles. The molecule has 0 saturated carbocycles. The number of aromatic nitrogens is 3. The molecule has 0 unspecified atom stereocenters. The lowest BCUT2D eigenvalue weighted by molar-refractivity contribution is -0.130. The minimum Gasteiger partial charge on any atom is -0.487 e. The molecule has 0 aliphatic heterocycles. The molecule has 4 aromatic rings. The molecule has 10 heteroatoms. The summed E-state index contributed by atoms with van der Waals surface area (Å²) in [4.78, 5) is 16.9. The van der Waals surface area contributed by atoms with Crippen molar-refractivity contribution in [3.63, 3.8) is 0 Å². The Hall–Kier alpha value is -3.56. The van der Waals surface area contributed by atoms with Gasteiger partial charge in [-0.15, -0.1) is 0 Å². The Morgan fingerprint density at radius 2 is 1.97 bits per heavy atom. The van der Waals surface area contributed by atoms with Crippen LogP contribution in [0.5, 0.6) is 5.75 Å². The number of aryl methyl sites for hydroxylation is 1. The number of fused-ring (bicyclic) bond motifs is 1. The smallest absolute Gasteiger partial charge is 0.249 e. The van der Waals surface area contributed by atoms with Gasteiger partial charge in [-0.2, -0.15) is 5.10 Å². The molecule has 2 aromatic heterocycles. The summed E-state index contributed by atoms with van der Waals surface area (Å²) in [5.41, 5.74) is 2.90. The number of rotatable bonds is 8. The maximum absolute atomic E-state index is 14.2. The van der Waals surface area contributed by atoms with Crippen LogP contribution < -0.4 is 10.1 Å². The second-order valence-corrected chi connectivity index (χ2v) is 8.80. The van der Waals surface area contributed by atoms with Crippen molar-refractivity contribution >= 4 is 28.4 Å². The van der Waals surface area contributed by atoms with E-state index in [9.17, 15) is 13.6 Å². The van der Waals surface area contributed by atoms with E-state index in [0.717, 1.165) is 6.20 Å². The summed E-state index contributed by atoms with van der Waals surface area (Å²) in [6, 6.07) is 9.16.